The van der Waals surface area contributed by atoms with Crippen LogP contribution in [0.25, 0.3) is 0 Å². The SMILES string of the molecule is CC(C)(C)CN(CCN1CCN(CCN(CC(=O)OC(C)(C)C)CC(=O)OC(C)(C)C)CCN(CC(CCCc2ccc([N+](=O)[O-])cc2)N(CC(=O)OC(C)(C)C)CC(=O)OC(C)(C)C)CC1)CC(C)(C)C. The van der Waals surface area contributed by atoms with Gasteiger partial charge >= 0.3 is 23.9 Å². The van der Waals surface area contributed by atoms with Gasteiger partial charge in [0.1, 0.15) is 22.4 Å². The maximum absolute atomic E-state index is 13.7. The molecule has 1 aromatic carbocycles. The minimum atomic E-state index is -0.737. The van der Waals surface area contributed by atoms with Crippen LogP contribution in [-0.2, 0) is 44.5 Å². The molecule has 1 fully saturated rings. The summed E-state index contributed by atoms with van der Waals surface area (Å²) in [6.07, 6.45) is 1.95. The average Bonchev–Trinajstić information content (AvgIpc) is 3.25. The first-order valence-corrected chi connectivity index (χ1v) is 26.3. The standard InChI is InChI=1S/C55H99N7O10/c1-50(2,3)41-60(42-51(4,5)6)35-31-57-27-26-56(30-34-59(37-46(63)69-52(7,8)9)38-47(64)70-53(10,11)12)28-32-58(33-29-57)36-45(21-19-20-43-22-24-44(25-23-43)62(67)68)61(39-48(65)71-54(13,14)15)40-49(66)72-55(16,17)18/h22-25,45H,19-21,26-42H2,1-18H3. The third kappa shape index (κ3) is 31.1. The molecule has 0 amide bonds. The maximum Gasteiger partial charge on any atom is 0.320 e. The quantitative estimate of drug-likeness (QED) is 0.0430. The molecule has 1 atom stereocenters. The highest BCUT2D eigenvalue weighted by atomic mass is 16.6. The molecule has 72 heavy (non-hydrogen) atoms. The van der Waals surface area contributed by atoms with Gasteiger partial charge in [-0.25, -0.2) is 0 Å². The highest BCUT2D eigenvalue weighted by Gasteiger charge is 2.32. The van der Waals surface area contributed by atoms with E-state index in [4.69, 9.17) is 18.9 Å². The van der Waals surface area contributed by atoms with E-state index in [1.165, 1.54) is 12.1 Å². The maximum atomic E-state index is 13.7. The van der Waals surface area contributed by atoms with Gasteiger partial charge in [-0.1, -0.05) is 53.7 Å². The molecule has 1 unspecified atom stereocenters. The van der Waals surface area contributed by atoms with Crippen LogP contribution in [0.15, 0.2) is 24.3 Å². The fourth-order valence-electron chi connectivity index (χ4n) is 8.67. The predicted octanol–water partition coefficient (Wildman–Crippen LogP) is 7.57. The lowest BCUT2D eigenvalue weighted by molar-refractivity contribution is -0.384. The fourth-order valence-corrected chi connectivity index (χ4v) is 8.67. The number of non-ortho nitro benzene ring substituents is 1. The Morgan fingerprint density at radius 3 is 1.24 bits per heavy atom. The minimum Gasteiger partial charge on any atom is -0.459 e. The number of hydrogen-bond acceptors (Lipinski definition) is 16. The van der Waals surface area contributed by atoms with Gasteiger partial charge in [0.05, 0.1) is 31.1 Å². The first-order chi connectivity index (χ1) is 32.8. The van der Waals surface area contributed by atoms with E-state index in [9.17, 15) is 29.3 Å². The lowest BCUT2D eigenvalue weighted by Gasteiger charge is -2.37. The van der Waals surface area contributed by atoms with Crippen molar-refractivity contribution in [2.24, 2.45) is 10.8 Å². The molecule has 414 valence electrons. The van der Waals surface area contributed by atoms with Gasteiger partial charge in [0.15, 0.2) is 0 Å². The Hall–Kier alpha value is -3.74. The Bertz CT molecular complexity index is 1760. The van der Waals surface area contributed by atoms with E-state index in [2.05, 4.69) is 61.1 Å². The first-order valence-electron chi connectivity index (χ1n) is 26.3. The summed E-state index contributed by atoms with van der Waals surface area (Å²) < 4.78 is 23.1. The van der Waals surface area contributed by atoms with E-state index < -0.39 is 51.2 Å². The van der Waals surface area contributed by atoms with Crippen LogP contribution in [0.4, 0.5) is 5.69 Å². The summed E-state index contributed by atoms with van der Waals surface area (Å²) in [5.74, 6) is -1.70. The molecule has 1 heterocycles. The molecule has 17 nitrogen and oxygen atoms in total. The number of ether oxygens (including phenoxy) is 4. The third-order valence-corrected chi connectivity index (χ3v) is 11.2. The molecule has 0 radical (unpaired) electrons. The lowest BCUT2D eigenvalue weighted by Crippen LogP contribution is -2.51. The average molecular weight is 1020 g/mol. The van der Waals surface area contributed by atoms with Crippen molar-refractivity contribution < 1.29 is 43.0 Å². The van der Waals surface area contributed by atoms with Gasteiger partial charge in [-0.2, -0.15) is 0 Å². The number of rotatable bonds is 24. The number of carbonyl (C=O) groups excluding carboxylic acids is 4. The van der Waals surface area contributed by atoms with Gasteiger partial charge in [0, 0.05) is 103 Å². The number of benzene rings is 1. The molecule has 1 saturated heterocycles. The number of esters is 4. The van der Waals surface area contributed by atoms with E-state index in [0.717, 1.165) is 57.9 Å². The zero-order chi connectivity index (χ0) is 54.9. The van der Waals surface area contributed by atoms with E-state index in [-0.39, 0.29) is 48.7 Å². The fraction of sp³-hybridized carbons (Fsp3) is 0.818. The molecule has 17 heteroatoms. The lowest BCUT2D eigenvalue weighted by atomic mass is 9.92. The van der Waals surface area contributed by atoms with Gasteiger partial charge in [-0.15, -0.1) is 0 Å². The Morgan fingerprint density at radius 2 is 0.889 bits per heavy atom. The number of aryl methyl sites for hydroxylation is 1. The van der Waals surface area contributed by atoms with Crippen molar-refractivity contribution in [1.82, 2.24) is 29.4 Å². The van der Waals surface area contributed by atoms with Crippen molar-refractivity contribution in [2.45, 2.75) is 172 Å². The second-order valence-corrected chi connectivity index (χ2v) is 26.2. The second-order valence-electron chi connectivity index (χ2n) is 26.2. The smallest absolute Gasteiger partial charge is 0.320 e. The summed E-state index contributed by atoms with van der Waals surface area (Å²) in [7, 11) is 0. The van der Waals surface area contributed by atoms with Crippen LogP contribution in [-0.4, -0.2) is 198 Å². The first kappa shape index (κ1) is 64.4. The van der Waals surface area contributed by atoms with Crippen molar-refractivity contribution in [3.63, 3.8) is 0 Å². The monoisotopic (exact) mass is 1020 g/mol. The summed E-state index contributed by atoms with van der Waals surface area (Å²) in [5.41, 5.74) is -1.61. The van der Waals surface area contributed by atoms with E-state index in [1.807, 2.05) is 92.9 Å². The van der Waals surface area contributed by atoms with E-state index in [0.29, 0.717) is 52.0 Å². The molecule has 1 aliphatic rings. The number of carbonyl (C=O) groups is 4. The van der Waals surface area contributed by atoms with Gasteiger partial charge in [0.2, 0.25) is 0 Å². The topological polar surface area (TPSA) is 168 Å². The molecular weight excluding hydrogens is 919 g/mol. The van der Waals surface area contributed by atoms with Crippen molar-refractivity contribution >= 4 is 29.6 Å². The van der Waals surface area contributed by atoms with Crippen LogP contribution in [0.5, 0.6) is 0 Å². The van der Waals surface area contributed by atoms with Crippen LogP contribution < -0.4 is 0 Å². The highest BCUT2D eigenvalue weighted by Crippen LogP contribution is 2.22. The van der Waals surface area contributed by atoms with Crippen LogP contribution >= 0.6 is 0 Å². The summed E-state index contributed by atoms with van der Waals surface area (Å²) in [4.78, 5) is 78.4. The third-order valence-electron chi connectivity index (χ3n) is 11.2. The van der Waals surface area contributed by atoms with Crippen molar-refractivity contribution in [3.05, 3.63) is 39.9 Å². The summed E-state index contributed by atoms with van der Waals surface area (Å²) >= 11 is 0. The van der Waals surface area contributed by atoms with Crippen LogP contribution in [0.3, 0.4) is 0 Å². The van der Waals surface area contributed by atoms with Crippen LogP contribution in [0.1, 0.15) is 143 Å². The molecule has 2 rings (SSSR count). The normalized spacial score (nSPS) is 16.0. The largest absolute Gasteiger partial charge is 0.459 e. The van der Waals surface area contributed by atoms with E-state index in [1.54, 1.807) is 12.1 Å². The minimum absolute atomic E-state index is 0.0310. The van der Waals surface area contributed by atoms with Crippen molar-refractivity contribution in [1.29, 1.82) is 0 Å². The summed E-state index contributed by atoms with van der Waals surface area (Å²) in [6.45, 7) is 45.0. The van der Waals surface area contributed by atoms with Gasteiger partial charge < -0.3 is 23.8 Å². The molecular formula is C55H99N7O10. The van der Waals surface area contributed by atoms with Crippen LogP contribution in [0, 0.1) is 20.9 Å². The molecule has 1 aliphatic heterocycles. The molecule has 1 aromatic rings. The van der Waals surface area contributed by atoms with Crippen molar-refractivity contribution in [3.8, 4) is 0 Å². The molecule has 0 N–H and O–H groups in total. The van der Waals surface area contributed by atoms with Crippen molar-refractivity contribution in [2.75, 3.05) is 111 Å². The zero-order valence-corrected chi connectivity index (χ0v) is 48.2. The molecule has 0 saturated carbocycles. The van der Waals surface area contributed by atoms with Gasteiger partial charge in [0.25, 0.3) is 5.69 Å². The Kier molecular flexibility index (Phi) is 25.2. The molecule has 0 aliphatic carbocycles. The van der Waals surface area contributed by atoms with Gasteiger partial charge in [-0.3, -0.25) is 53.8 Å². The van der Waals surface area contributed by atoms with Gasteiger partial charge in [-0.05, 0) is 119 Å². The second kappa shape index (κ2) is 28.2. The molecule has 0 spiro atoms. The zero-order valence-electron chi connectivity index (χ0n) is 48.2. The number of nitro benzene ring substituents is 1. The highest BCUT2D eigenvalue weighted by molar-refractivity contribution is 5.76. The number of hydrogen-bond donors (Lipinski definition) is 0. The van der Waals surface area contributed by atoms with Crippen LogP contribution in [0.2, 0.25) is 0 Å². The molecule has 0 aromatic heterocycles. The number of nitro groups is 1. The summed E-state index contributed by atoms with van der Waals surface area (Å²) in [6, 6.07) is 6.32. The Balaban J connectivity index is 2.61. The predicted molar refractivity (Wildman–Crippen MR) is 286 cm³/mol. The number of nitrogens with zero attached hydrogens (tertiary/aromatic N) is 7. The molecule has 0 bridgehead atoms. The van der Waals surface area contributed by atoms with E-state index >= 15 is 0 Å². The Morgan fingerprint density at radius 1 is 0.542 bits per heavy atom. The summed E-state index contributed by atoms with van der Waals surface area (Å²) in [5, 5.41) is 11.4. The Labute approximate surface area is 435 Å².